The zero-order valence-corrected chi connectivity index (χ0v) is 19.4. The number of nitrogens with zero attached hydrogens (tertiary/aromatic N) is 1. The van der Waals surface area contributed by atoms with Crippen molar-refractivity contribution in [3.05, 3.63) is 94.5 Å². The van der Waals surface area contributed by atoms with Gasteiger partial charge < -0.3 is 5.32 Å². The van der Waals surface area contributed by atoms with Crippen LogP contribution in [-0.4, -0.2) is 21.4 Å². The first-order chi connectivity index (χ1) is 15.3. The first kappa shape index (κ1) is 22.1. The van der Waals surface area contributed by atoms with Crippen molar-refractivity contribution in [2.75, 3.05) is 11.4 Å². The summed E-state index contributed by atoms with van der Waals surface area (Å²) in [7, 11) is -2.21. The predicted octanol–water partition coefficient (Wildman–Crippen LogP) is 4.94. The number of fused-ring (bicyclic) bond motifs is 1. The molecular formula is C26H28N2O3S. The zero-order chi connectivity index (χ0) is 22.9. The number of benzene rings is 3. The summed E-state index contributed by atoms with van der Waals surface area (Å²) in [6.07, 6.45) is 2.95. The molecule has 0 saturated carbocycles. The van der Waals surface area contributed by atoms with E-state index in [-0.39, 0.29) is 16.8 Å². The van der Waals surface area contributed by atoms with Crippen LogP contribution in [0.3, 0.4) is 0 Å². The Balaban J connectivity index is 1.60. The molecule has 0 radical (unpaired) electrons. The van der Waals surface area contributed by atoms with Crippen LogP contribution in [0.1, 0.15) is 51.5 Å². The van der Waals surface area contributed by atoms with Gasteiger partial charge in [-0.05, 0) is 74.1 Å². The van der Waals surface area contributed by atoms with E-state index < -0.39 is 10.0 Å². The van der Waals surface area contributed by atoms with Gasteiger partial charge in [-0.2, -0.15) is 0 Å². The highest BCUT2D eigenvalue weighted by Crippen LogP contribution is 2.31. The molecule has 0 bridgehead atoms. The number of carbonyl (C=O) groups excluding carboxylic acids is 1. The Labute approximate surface area is 190 Å². The maximum Gasteiger partial charge on any atom is 0.264 e. The van der Waals surface area contributed by atoms with Crippen molar-refractivity contribution >= 4 is 21.6 Å². The zero-order valence-electron chi connectivity index (χ0n) is 18.6. The van der Waals surface area contributed by atoms with Crippen molar-refractivity contribution in [1.29, 1.82) is 0 Å². The van der Waals surface area contributed by atoms with Crippen LogP contribution in [0.5, 0.6) is 0 Å². The maximum absolute atomic E-state index is 13.2. The lowest BCUT2D eigenvalue weighted by Crippen LogP contribution is -2.31. The van der Waals surface area contributed by atoms with E-state index in [0.29, 0.717) is 11.3 Å². The fourth-order valence-electron chi connectivity index (χ4n) is 4.23. The topological polar surface area (TPSA) is 66.5 Å². The van der Waals surface area contributed by atoms with Crippen LogP contribution >= 0.6 is 0 Å². The lowest BCUT2D eigenvalue weighted by atomic mass is 9.87. The van der Waals surface area contributed by atoms with Crippen LogP contribution in [0, 0.1) is 13.8 Å². The molecule has 1 aliphatic carbocycles. The maximum atomic E-state index is 13.2. The van der Waals surface area contributed by atoms with Gasteiger partial charge in [0.1, 0.15) is 0 Å². The van der Waals surface area contributed by atoms with Crippen molar-refractivity contribution in [2.45, 2.75) is 44.0 Å². The fraction of sp³-hybridized carbons (Fsp3) is 0.269. The summed E-state index contributed by atoms with van der Waals surface area (Å²) in [5, 5.41) is 3.15. The molecule has 166 valence electrons. The number of amides is 1. The number of anilines is 1. The molecule has 0 saturated heterocycles. The number of rotatable bonds is 5. The van der Waals surface area contributed by atoms with Crippen molar-refractivity contribution in [3.63, 3.8) is 0 Å². The number of hydrogen-bond donors (Lipinski definition) is 1. The normalized spacial score (nSPS) is 15.7. The van der Waals surface area contributed by atoms with Gasteiger partial charge in [0.05, 0.1) is 16.6 Å². The molecule has 0 aromatic heterocycles. The van der Waals surface area contributed by atoms with Gasteiger partial charge in [0, 0.05) is 12.6 Å². The van der Waals surface area contributed by atoms with Gasteiger partial charge in [0.25, 0.3) is 15.9 Å². The van der Waals surface area contributed by atoms with E-state index in [2.05, 4.69) is 17.4 Å². The third-order valence-corrected chi connectivity index (χ3v) is 7.95. The van der Waals surface area contributed by atoms with Gasteiger partial charge in [-0.15, -0.1) is 0 Å². The van der Waals surface area contributed by atoms with E-state index in [9.17, 15) is 13.2 Å². The Kier molecular flexibility index (Phi) is 6.07. The van der Waals surface area contributed by atoms with E-state index in [1.54, 1.807) is 42.5 Å². The molecule has 32 heavy (non-hydrogen) atoms. The molecule has 1 amide bonds. The number of carbonyl (C=O) groups is 1. The second-order valence-corrected chi connectivity index (χ2v) is 10.4. The summed E-state index contributed by atoms with van der Waals surface area (Å²) >= 11 is 0. The molecule has 4 rings (SSSR count). The standard InChI is InChI=1S/C26H28N2O3S/c1-18-11-15-22(16-12-18)32(30,31)28(3)25-17-21(14-13-19(25)2)26(29)27-24-10-6-8-20-7-4-5-9-23(20)24/h4-5,7,9,11-17,24H,6,8,10H2,1-3H3,(H,27,29)/t24-/m1/s1. The Morgan fingerprint density at radius 2 is 1.72 bits per heavy atom. The van der Waals surface area contributed by atoms with Gasteiger partial charge in [0.2, 0.25) is 0 Å². The average Bonchev–Trinajstić information content (AvgIpc) is 2.79. The van der Waals surface area contributed by atoms with Gasteiger partial charge in [-0.3, -0.25) is 9.10 Å². The van der Waals surface area contributed by atoms with E-state index in [1.165, 1.54) is 22.5 Å². The molecular weight excluding hydrogens is 420 g/mol. The number of hydrogen-bond acceptors (Lipinski definition) is 3. The minimum Gasteiger partial charge on any atom is -0.345 e. The third kappa shape index (κ3) is 4.28. The Bertz CT molecular complexity index is 1250. The Morgan fingerprint density at radius 3 is 2.47 bits per heavy atom. The van der Waals surface area contributed by atoms with E-state index in [4.69, 9.17) is 0 Å². The molecule has 0 unspecified atom stereocenters. The molecule has 0 heterocycles. The van der Waals surface area contributed by atoms with Crippen LogP contribution < -0.4 is 9.62 Å². The molecule has 3 aromatic carbocycles. The third-order valence-electron chi connectivity index (χ3n) is 6.16. The summed E-state index contributed by atoms with van der Waals surface area (Å²) in [4.78, 5) is 13.3. The molecule has 0 aliphatic heterocycles. The van der Waals surface area contributed by atoms with Gasteiger partial charge in [-0.25, -0.2) is 8.42 Å². The van der Waals surface area contributed by atoms with Crippen LogP contribution in [0.4, 0.5) is 5.69 Å². The number of sulfonamides is 1. The quantitative estimate of drug-likeness (QED) is 0.601. The van der Waals surface area contributed by atoms with Crippen molar-refractivity contribution in [2.24, 2.45) is 0 Å². The highest BCUT2D eigenvalue weighted by atomic mass is 32.2. The molecule has 0 spiro atoms. The number of nitrogens with one attached hydrogen (secondary N) is 1. The number of aryl methyl sites for hydroxylation is 3. The SMILES string of the molecule is Cc1ccc(S(=O)(=O)N(C)c2cc(C(=O)N[C@@H]3CCCc4ccccc43)ccc2C)cc1. The summed E-state index contributed by atoms with van der Waals surface area (Å²) in [6, 6.07) is 20.1. The first-order valence-electron chi connectivity index (χ1n) is 10.8. The molecule has 1 N–H and O–H groups in total. The van der Waals surface area contributed by atoms with Crippen molar-refractivity contribution < 1.29 is 13.2 Å². The summed E-state index contributed by atoms with van der Waals surface area (Å²) in [5.41, 5.74) is 5.14. The van der Waals surface area contributed by atoms with Crippen LogP contribution in [0.25, 0.3) is 0 Å². The monoisotopic (exact) mass is 448 g/mol. The smallest absolute Gasteiger partial charge is 0.264 e. The fourth-order valence-corrected chi connectivity index (χ4v) is 5.49. The lowest BCUT2D eigenvalue weighted by Gasteiger charge is -2.27. The van der Waals surface area contributed by atoms with Crippen LogP contribution in [0.2, 0.25) is 0 Å². The summed E-state index contributed by atoms with van der Waals surface area (Å²) in [5.74, 6) is -0.200. The van der Waals surface area contributed by atoms with Gasteiger partial charge >= 0.3 is 0 Å². The second kappa shape index (κ2) is 8.79. The molecule has 5 nitrogen and oxygen atoms in total. The lowest BCUT2D eigenvalue weighted by molar-refractivity contribution is 0.0932. The summed E-state index contributed by atoms with van der Waals surface area (Å²) < 4.78 is 27.6. The predicted molar refractivity (Wildman–Crippen MR) is 128 cm³/mol. The molecule has 3 aromatic rings. The first-order valence-corrected chi connectivity index (χ1v) is 12.3. The van der Waals surface area contributed by atoms with E-state index in [1.807, 2.05) is 26.0 Å². The minimum absolute atomic E-state index is 0.0359. The highest BCUT2D eigenvalue weighted by Gasteiger charge is 2.25. The molecule has 0 fully saturated rings. The van der Waals surface area contributed by atoms with Crippen LogP contribution in [0.15, 0.2) is 71.6 Å². The highest BCUT2D eigenvalue weighted by molar-refractivity contribution is 7.92. The average molecular weight is 449 g/mol. The Hall–Kier alpha value is -3.12. The van der Waals surface area contributed by atoms with Crippen molar-refractivity contribution in [3.8, 4) is 0 Å². The van der Waals surface area contributed by atoms with Gasteiger partial charge in [0.15, 0.2) is 0 Å². The second-order valence-electron chi connectivity index (χ2n) is 8.40. The van der Waals surface area contributed by atoms with Crippen molar-refractivity contribution in [1.82, 2.24) is 5.32 Å². The molecule has 6 heteroatoms. The van der Waals surface area contributed by atoms with E-state index >= 15 is 0 Å². The minimum atomic E-state index is -3.74. The molecule has 1 atom stereocenters. The summed E-state index contributed by atoms with van der Waals surface area (Å²) in [6.45, 7) is 3.76. The van der Waals surface area contributed by atoms with Gasteiger partial charge in [-0.1, -0.05) is 48.0 Å². The van der Waals surface area contributed by atoms with Crippen LogP contribution in [-0.2, 0) is 16.4 Å². The largest absolute Gasteiger partial charge is 0.345 e. The van der Waals surface area contributed by atoms with E-state index in [0.717, 1.165) is 30.4 Å². The molecule has 1 aliphatic rings. The Morgan fingerprint density at radius 1 is 1.00 bits per heavy atom.